The molecule has 0 aromatic carbocycles. The predicted molar refractivity (Wildman–Crippen MR) is 28.2 cm³/mol. The summed E-state index contributed by atoms with van der Waals surface area (Å²) in [5.41, 5.74) is 0. The van der Waals surface area contributed by atoms with Gasteiger partial charge in [-0.3, -0.25) is 5.26 Å². The van der Waals surface area contributed by atoms with Gasteiger partial charge in [-0.05, 0) is 0 Å². The Bertz CT molecular complexity index is 93.6. The number of phosphoric acid groups is 1. The van der Waals surface area contributed by atoms with Gasteiger partial charge in [0.25, 0.3) is 0 Å². The Morgan fingerprint density at radius 1 is 1.20 bits per heavy atom. The smallest absolute Gasteiger partial charge is 0.400 e. The van der Waals surface area contributed by atoms with E-state index in [1.54, 1.807) is 0 Å². The normalized spacial score (nSPS) is 9.80. The molecule has 62 valence electrons. The minimum Gasteiger partial charge on any atom is -0.400 e. The lowest BCUT2D eigenvalue weighted by molar-refractivity contribution is -0.173. The van der Waals surface area contributed by atoms with Gasteiger partial charge >= 0.3 is 15.1 Å². The van der Waals surface area contributed by atoms with Crippen molar-refractivity contribution in [1.29, 1.82) is 0 Å². The van der Waals surface area contributed by atoms with E-state index in [2.05, 4.69) is 4.81 Å². The van der Waals surface area contributed by atoms with Crippen LogP contribution in [0.3, 0.4) is 0 Å². The Morgan fingerprint density at radius 3 is 1.30 bits per heavy atom. The molecule has 0 atom stereocenters. The molecule has 6 N–H and O–H groups in total. The lowest BCUT2D eigenvalue weighted by Gasteiger charge is -1.82. The Hall–Kier alpha value is 0.0149. The van der Waals surface area contributed by atoms with Crippen molar-refractivity contribution >= 4 is 15.1 Å². The first-order chi connectivity index (χ1) is 4.27. The summed E-state index contributed by atoms with van der Waals surface area (Å²) in [4.78, 5) is 24.4. The highest BCUT2D eigenvalue weighted by atomic mass is 31.2. The van der Waals surface area contributed by atoms with E-state index in [1.165, 1.54) is 0 Å². The zero-order valence-electron chi connectivity index (χ0n) is 4.52. The largest absolute Gasteiger partial charge is 0.662 e. The molecule has 10 heteroatoms. The second-order valence-corrected chi connectivity index (χ2v) is 1.97. The minimum atomic E-state index is -4.64. The molecule has 0 aliphatic rings. The zero-order chi connectivity index (χ0) is 8.78. The van der Waals surface area contributed by atoms with E-state index in [0.717, 1.165) is 0 Å². The van der Waals surface area contributed by atoms with Crippen molar-refractivity contribution in [3.8, 4) is 0 Å². The maximum atomic E-state index is 8.88. The first kappa shape index (κ1) is 12.7. The molecule has 0 saturated heterocycles. The summed E-state index contributed by atoms with van der Waals surface area (Å²) in [6.45, 7) is 0. The van der Waals surface area contributed by atoms with E-state index >= 15 is 0 Å². The van der Waals surface area contributed by atoms with Gasteiger partial charge < -0.3 is 24.7 Å². The molecule has 0 aromatic rings. The van der Waals surface area contributed by atoms with Crippen LogP contribution in [0.2, 0.25) is 0 Å². The molecule has 8 nitrogen and oxygen atoms in total. The highest BCUT2D eigenvalue weighted by Crippen LogP contribution is 2.25. The van der Waals surface area contributed by atoms with Crippen molar-refractivity contribution in [2.75, 3.05) is 0 Å². The van der Waals surface area contributed by atoms with Gasteiger partial charge in [-0.15, -0.1) is 0 Å². The fraction of sp³-hybridized carbons (Fsp3) is 0. The first-order valence-electron chi connectivity index (χ1n) is 1.72. The summed E-state index contributed by atoms with van der Waals surface area (Å²) in [5, 5.41) is 22.0. The average molecular weight is 176 g/mol. The van der Waals surface area contributed by atoms with E-state index in [4.69, 9.17) is 34.6 Å². The van der Waals surface area contributed by atoms with Crippen LogP contribution in [0.4, 0.5) is 0 Å². The molecule has 0 aliphatic carbocycles. The molecular weight excluding hydrogens is 170 g/mol. The minimum absolute atomic E-state index is 2.06. The quantitative estimate of drug-likeness (QED) is 0.111. The molecule has 0 aliphatic heterocycles. The molecule has 0 spiro atoms. The van der Waals surface area contributed by atoms with Crippen LogP contribution >= 0.6 is 7.82 Å². The average Bonchev–Trinajstić information content (AvgIpc) is 1.61. The van der Waals surface area contributed by atoms with Crippen LogP contribution in [-0.2, 0) is 9.37 Å². The molecule has 0 bridgehead atoms. The van der Waals surface area contributed by atoms with Gasteiger partial charge in [0.1, 0.15) is 0 Å². The van der Waals surface area contributed by atoms with E-state index in [0.29, 0.717) is 0 Å². The third-order valence-electron chi connectivity index (χ3n) is 0.0943. The van der Waals surface area contributed by atoms with Crippen LogP contribution in [0.15, 0.2) is 0 Å². The second kappa shape index (κ2) is 5.77. The predicted octanol–water partition coefficient (Wildman–Crippen LogP) is -2.48. The Labute approximate surface area is 55.7 Å². The molecule has 0 unspecified atom stereocenters. The third-order valence-corrected chi connectivity index (χ3v) is 0.0943. The maximum absolute atomic E-state index is 8.88. The Balaban J connectivity index is 0. The molecule has 0 rings (SSSR count). The highest BCUT2D eigenvalue weighted by molar-refractivity contribution is 7.45. The highest BCUT2D eigenvalue weighted by Gasteiger charge is 2.03. The van der Waals surface area contributed by atoms with Crippen molar-refractivity contribution in [2.24, 2.45) is 0 Å². The topological polar surface area (TPSA) is 148 Å². The van der Waals surface area contributed by atoms with Crippen molar-refractivity contribution in [3.63, 3.8) is 0 Å². The van der Waals surface area contributed by atoms with E-state index in [-0.39, 0.29) is 0 Å². The van der Waals surface area contributed by atoms with Gasteiger partial charge in [0.05, 0.1) is 0 Å². The number of rotatable bonds is 1. The van der Waals surface area contributed by atoms with Gasteiger partial charge in [0.15, 0.2) is 0 Å². The fourth-order valence-electron chi connectivity index (χ4n) is 0. The van der Waals surface area contributed by atoms with E-state index < -0.39 is 15.1 Å². The van der Waals surface area contributed by atoms with E-state index in [9.17, 15) is 0 Å². The summed E-state index contributed by atoms with van der Waals surface area (Å²) in [5.74, 6) is 0. The van der Waals surface area contributed by atoms with Crippen LogP contribution < -0.4 is 0 Å². The standard InChI is InChI=1S/BH3O4.H3O4P/c2-1(3)5-4;1-5(2,3)4/h2-4H;(H3,1,2,3,4). The third kappa shape index (κ3) is 97.1. The van der Waals surface area contributed by atoms with Crippen molar-refractivity contribution in [1.82, 2.24) is 0 Å². The number of hydrogen-bond acceptors (Lipinski definition) is 5. The van der Waals surface area contributed by atoms with Crippen LogP contribution in [0, 0.1) is 0 Å². The molecule has 0 radical (unpaired) electrons. The van der Waals surface area contributed by atoms with Crippen molar-refractivity contribution in [3.05, 3.63) is 0 Å². The summed E-state index contributed by atoms with van der Waals surface area (Å²) in [7, 11) is -6.70. The van der Waals surface area contributed by atoms with Gasteiger partial charge in [-0.1, -0.05) is 0 Å². The lowest BCUT2D eigenvalue weighted by Crippen LogP contribution is -2.13. The number of hydrogen-bond donors (Lipinski definition) is 6. The summed E-state index contributed by atoms with van der Waals surface area (Å²) >= 11 is 0. The molecule has 0 saturated carbocycles. The molecular formula is H6BO8P. The van der Waals surface area contributed by atoms with Gasteiger partial charge in [0.2, 0.25) is 0 Å². The SMILES string of the molecule is O=P(O)(O)O.OOB(O)O. The van der Waals surface area contributed by atoms with Crippen molar-refractivity contribution in [2.45, 2.75) is 0 Å². The Kier molecular flexibility index (Phi) is 7.32. The monoisotopic (exact) mass is 176 g/mol. The van der Waals surface area contributed by atoms with Gasteiger partial charge in [0, 0.05) is 0 Å². The Morgan fingerprint density at radius 2 is 1.30 bits per heavy atom. The zero-order valence-corrected chi connectivity index (χ0v) is 5.42. The van der Waals surface area contributed by atoms with Gasteiger partial charge in [-0.25, -0.2) is 9.37 Å². The summed E-state index contributed by atoms with van der Waals surface area (Å²) in [6.07, 6.45) is 0. The van der Waals surface area contributed by atoms with Crippen molar-refractivity contribution < 1.29 is 39.4 Å². The second-order valence-electron chi connectivity index (χ2n) is 0.945. The van der Waals surface area contributed by atoms with E-state index in [1.807, 2.05) is 0 Å². The summed E-state index contributed by atoms with van der Waals surface area (Å²) < 4.78 is 8.88. The summed E-state index contributed by atoms with van der Waals surface area (Å²) in [6, 6.07) is 0. The maximum Gasteiger partial charge on any atom is 0.662 e. The lowest BCUT2D eigenvalue weighted by atomic mass is 10.3. The molecule has 0 heterocycles. The van der Waals surface area contributed by atoms with Crippen LogP contribution in [0.5, 0.6) is 0 Å². The first-order valence-corrected chi connectivity index (χ1v) is 3.28. The molecule has 0 amide bonds. The molecule has 0 fully saturated rings. The van der Waals surface area contributed by atoms with Gasteiger partial charge in [-0.2, -0.15) is 0 Å². The molecule has 0 aromatic heterocycles. The van der Waals surface area contributed by atoms with Crippen LogP contribution in [0.1, 0.15) is 0 Å². The molecule has 10 heavy (non-hydrogen) atoms. The fourth-order valence-corrected chi connectivity index (χ4v) is 0. The van der Waals surface area contributed by atoms with Crippen LogP contribution in [-0.4, -0.2) is 37.3 Å². The van der Waals surface area contributed by atoms with Crippen LogP contribution in [0.25, 0.3) is 0 Å².